The van der Waals surface area contributed by atoms with E-state index in [1.165, 1.54) is 28.9 Å². The van der Waals surface area contributed by atoms with E-state index in [4.69, 9.17) is 19.2 Å². The molecule has 0 aliphatic carbocycles. The highest BCUT2D eigenvalue weighted by Crippen LogP contribution is 2.35. The van der Waals surface area contributed by atoms with E-state index in [1.807, 2.05) is 44.2 Å². The second kappa shape index (κ2) is 14.8. The van der Waals surface area contributed by atoms with Gasteiger partial charge in [0.25, 0.3) is 11.5 Å². The number of fused-ring (bicyclic) bond motifs is 1. The van der Waals surface area contributed by atoms with Crippen molar-refractivity contribution in [2.75, 3.05) is 25.6 Å². The summed E-state index contributed by atoms with van der Waals surface area (Å²) >= 11 is 2.10. The van der Waals surface area contributed by atoms with Crippen molar-refractivity contribution in [3.63, 3.8) is 0 Å². The number of methoxy groups -OCH3 is 1. The van der Waals surface area contributed by atoms with Gasteiger partial charge < -0.3 is 19.5 Å². The fourth-order valence-electron chi connectivity index (χ4n) is 5.03. The van der Waals surface area contributed by atoms with Crippen LogP contribution in [0.4, 0.5) is 10.1 Å². The molecule has 1 aromatic heterocycles. The minimum absolute atomic E-state index is 0.169. The standard InChI is InChI=1S/C36H34FIN4O5/c1-6-46-32-17-23(16-29(38)34(32)47-20-33(43)40-25-13-11-24(37)12-14-25)19-39-42-35(41-30-10-8-7-9-26(30)36(42)44)28-18-27(21(2)3)31(45-5)15-22(28)4/h7-19,21H,6,20H2,1-5H3,(H,40,43). The fraction of sp³-hybridized carbons (Fsp3) is 0.222. The van der Waals surface area contributed by atoms with E-state index >= 15 is 0 Å². The van der Waals surface area contributed by atoms with Gasteiger partial charge in [0, 0.05) is 11.3 Å². The van der Waals surface area contributed by atoms with Gasteiger partial charge in [-0.15, -0.1) is 0 Å². The number of rotatable bonds is 11. The van der Waals surface area contributed by atoms with Crippen LogP contribution in [0.15, 0.2) is 82.7 Å². The summed E-state index contributed by atoms with van der Waals surface area (Å²) in [6, 6.07) is 20.2. The molecule has 11 heteroatoms. The third-order valence-corrected chi connectivity index (χ3v) is 8.12. The van der Waals surface area contributed by atoms with E-state index in [0.717, 1.165) is 22.4 Å². The Hall–Kier alpha value is -4.78. The number of ether oxygens (including phenoxy) is 3. The quantitative estimate of drug-likeness (QED) is 0.111. The van der Waals surface area contributed by atoms with Crippen LogP contribution in [0.25, 0.3) is 22.3 Å². The van der Waals surface area contributed by atoms with Crippen molar-refractivity contribution >= 4 is 51.3 Å². The van der Waals surface area contributed by atoms with E-state index in [0.29, 0.717) is 49.7 Å². The van der Waals surface area contributed by atoms with Crippen LogP contribution in [0.1, 0.15) is 43.4 Å². The van der Waals surface area contributed by atoms with E-state index in [-0.39, 0.29) is 18.1 Å². The SMILES string of the molecule is CCOc1cc(C=Nn2c(-c3cc(C(C)C)c(OC)cc3C)nc3ccccc3c2=O)cc(I)c1OCC(=O)Nc1ccc(F)cc1. The molecular formula is C36H34FIN4O5. The number of carbonyl (C=O) groups is 1. The van der Waals surface area contributed by atoms with Crippen LogP contribution in [0.5, 0.6) is 17.2 Å². The molecule has 1 amide bonds. The Balaban J connectivity index is 1.51. The maximum Gasteiger partial charge on any atom is 0.282 e. The molecule has 4 aromatic carbocycles. The Bertz CT molecular complexity index is 2030. The molecule has 0 aliphatic rings. The summed E-state index contributed by atoms with van der Waals surface area (Å²) in [5, 5.41) is 7.77. The van der Waals surface area contributed by atoms with Crippen molar-refractivity contribution in [2.45, 2.75) is 33.6 Å². The first-order valence-electron chi connectivity index (χ1n) is 15.0. The second-order valence-electron chi connectivity index (χ2n) is 11.0. The average Bonchev–Trinajstić information content (AvgIpc) is 3.04. The monoisotopic (exact) mass is 748 g/mol. The molecule has 0 aliphatic heterocycles. The summed E-state index contributed by atoms with van der Waals surface area (Å²) in [6.45, 7) is 8.02. The average molecular weight is 749 g/mol. The van der Waals surface area contributed by atoms with Gasteiger partial charge in [-0.2, -0.15) is 9.78 Å². The van der Waals surface area contributed by atoms with Crippen molar-refractivity contribution in [3.8, 4) is 28.6 Å². The van der Waals surface area contributed by atoms with Crippen LogP contribution in [0, 0.1) is 16.3 Å². The first-order valence-corrected chi connectivity index (χ1v) is 16.1. The summed E-state index contributed by atoms with van der Waals surface area (Å²) in [5.74, 6) is 1.33. The Morgan fingerprint density at radius 1 is 1.06 bits per heavy atom. The number of hydrogen-bond acceptors (Lipinski definition) is 7. The normalized spacial score (nSPS) is 11.3. The van der Waals surface area contributed by atoms with Gasteiger partial charge in [-0.25, -0.2) is 9.37 Å². The highest BCUT2D eigenvalue weighted by Gasteiger charge is 2.19. The lowest BCUT2D eigenvalue weighted by Gasteiger charge is -2.17. The number of nitrogens with one attached hydrogen (secondary N) is 1. The lowest BCUT2D eigenvalue weighted by atomic mass is 9.96. The Kier molecular flexibility index (Phi) is 10.5. The number of carbonyl (C=O) groups excluding carboxylic acids is 1. The first kappa shape index (κ1) is 33.6. The molecule has 0 fully saturated rings. The lowest BCUT2D eigenvalue weighted by molar-refractivity contribution is -0.118. The smallest absolute Gasteiger partial charge is 0.282 e. The molecule has 242 valence electrons. The van der Waals surface area contributed by atoms with Gasteiger partial charge in [-0.05, 0) is 120 Å². The largest absolute Gasteiger partial charge is 0.496 e. The summed E-state index contributed by atoms with van der Waals surface area (Å²) in [6.07, 6.45) is 1.57. The van der Waals surface area contributed by atoms with Crippen LogP contribution in [0.3, 0.4) is 0 Å². The zero-order valence-corrected chi connectivity index (χ0v) is 28.8. The molecule has 5 rings (SSSR count). The van der Waals surface area contributed by atoms with Crippen molar-refractivity contribution in [1.82, 2.24) is 9.66 Å². The Morgan fingerprint density at radius 3 is 2.51 bits per heavy atom. The maximum absolute atomic E-state index is 13.9. The molecule has 0 saturated heterocycles. The van der Waals surface area contributed by atoms with Gasteiger partial charge in [0.1, 0.15) is 11.6 Å². The number of anilines is 1. The Labute approximate surface area is 285 Å². The third-order valence-electron chi connectivity index (χ3n) is 7.32. The minimum atomic E-state index is -0.411. The Morgan fingerprint density at radius 2 is 1.81 bits per heavy atom. The van der Waals surface area contributed by atoms with Gasteiger partial charge in [-0.3, -0.25) is 9.59 Å². The van der Waals surface area contributed by atoms with Crippen LogP contribution >= 0.6 is 22.6 Å². The van der Waals surface area contributed by atoms with Gasteiger partial charge in [0.05, 0.1) is 34.4 Å². The number of para-hydroxylation sites is 1. The van der Waals surface area contributed by atoms with Gasteiger partial charge in [0.2, 0.25) is 0 Å². The van der Waals surface area contributed by atoms with Gasteiger partial charge >= 0.3 is 0 Å². The lowest BCUT2D eigenvalue weighted by Crippen LogP contribution is -2.21. The number of halogens is 2. The molecule has 47 heavy (non-hydrogen) atoms. The molecule has 0 unspecified atom stereocenters. The predicted molar refractivity (Wildman–Crippen MR) is 191 cm³/mol. The van der Waals surface area contributed by atoms with Gasteiger partial charge in [0.15, 0.2) is 23.9 Å². The summed E-state index contributed by atoms with van der Waals surface area (Å²) in [4.78, 5) is 31.3. The molecule has 0 radical (unpaired) electrons. The number of aromatic nitrogens is 2. The molecule has 1 N–H and O–H groups in total. The fourth-order valence-corrected chi connectivity index (χ4v) is 5.81. The molecule has 0 bridgehead atoms. The zero-order valence-electron chi connectivity index (χ0n) is 26.6. The van der Waals surface area contributed by atoms with Crippen molar-refractivity contribution < 1.29 is 23.4 Å². The molecule has 0 saturated carbocycles. The zero-order chi connectivity index (χ0) is 33.7. The third kappa shape index (κ3) is 7.62. The highest BCUT2D eigenvalue weighted by atomic mass is 127. The van der Waals surface area contributed by atoms with E-state index in [9.17, 15) is 14.0 Å². The molecule has 5 aromatic rings. The highest BCUT2D eigenvalue weighted by molar-refractivity contribution is 14.1. The van der Waals surface area contributed by atoms with E-state index < -0.39 is 11.7 Å². The van der Waals surface area contributed by atoms with Crippen LogP contribution in [0.2, 0.25) is 0 Å². The number of nitrogens with zero attached hydrogens (tertiary/aromatic N) is 3. The molecule has 0 spiro atoms. The minimum Gasteiger partial charge on any atom is -0.496 e. The van der Waals surface area contributed by atoms with Crippen molar-refractivity contribution in [2.24, 2.45) is 5.10 Å². The topological polar surface area (TPSA) is 104 Å². The first-order chi connectivity index (χ1) is 22.6. The van der Waals surface area contributed by atoms with Gasteiger partial charge in [-0.1, -0.05) is 26.0 Å². The van der Waals surface area contributed by atoms with Crippen molar-refractivity contribution in [3.05, 3.63) is 109 Å². The van der Waals surface area contributed by atoms with Crippen LogP contribution in [-0.2, 0) is 4.79 Å². The van der Waals surface area contributed by atoms with Crippen LogP contribution in [-0.4, -0.2) is 42.1 Å². The number of benzene rings is 4. The molecule has 0 atom stereocenters. The summed E-state index contributed by atoms with van der Waals surface area (Å²) in [7, 11) is 1.64. The van der Waals surface area contributed by atoms with Crippen LogP contribution < -0.4 is 25.1 Å². The second-order valence-corrected chi connectivity index (χ2v) is 12.1. The van der Waals surface area contributed by atoms with Crippen molar-refractivity contribution in [1.29, 1.82) is 0 Å². The molecular weight excluding hydrogens is 714 g/mol. The number of aryl methyl sites for hydroxylation is 1. The maximum atomic E-state index is 13.9. The number of hydrogen-bond donors (Lipinski definition) is 1. The molecule has 1 heterocycles. The summed E-state index contributed by atoms with van der Waals surface area (Å²) < 4.78 is 32.6. The predicted octanol–water partition coefficient (Wildman–Crippen LogP) is 7.55. The summed E-state index contributed by atoms with van der Waals surface area (Å²) in [5.41, 5.74) is 3.99. The van der Waals surface area contributed by atoms with E-state index in [1.54, 1.807) is 31.5 Å². The van der Waals surface area contributed by atoms with E-state index in [2.05, 4.69) is 46.9 Å². The number of amides is 1. The molecule has 9 nitrogen and oxygen atoms in total.